The predicted octanol–water partition coefficient (Wildman–Crippen LogP) is 5.97. The van der Waals surface area contributed by atoms with Crippen molar-refractivity contribution in [2.24, 2.45) is 0 Å². The van der Waals surface area contributed by atoms with Gasteiger partial charge >= 0.3 is 0 Å². The van der Waals surface area contributed by atoms with Crippen LogP contribution in [0.25, 0.3) is 45.3 Å². The summed E-state index contributed by atoms with van der Waals surface area (Å²) in [7, 11) is 0. The molecule has 5 aromatic rings. The van der Waals surface area contributed by atoms with Crippen LogP contribution in [0.5, 0.6) is 17.2 Å². The van der Waals surface area contributed by atoms with Gasteiger partial charge in [-0.25, -0.2) is 15.0 Å². The van der Waals surface area contributed by atoms with E-state index in [1.54, 1.807) is 18.2 Å². The molecule has 0 unspecified atom stereocenters. The van der Waals surface area contributed by atoms with Gasteiger partial charge in [-0.2, -0.15) is 0 Å². The molecule has 1 aliphatic heterocycles. The van der Waals surface area contributed by atoms with Gasteiger partial charge in [0.2, 0.25) is 6.79 Å². The number of phenolic OH excluding ortho intramolecular Hbond substituents is 1. The predicted molar refractivity (Wildman–Crippen MR) is 129 cm³/mol. The zero-order valence-electron chi connectivity index (χ0n) is 18.1. The maximum absolute atomic E-state index is 10.4. The monoisotopic (exact) mass is 445 g/mol. The van der Waals surface area contributed by atoms with Crippen molar-refractivity contribution in [3.05, 3.63) is 97.1 Å². The number of phenols is 1. The molecule has 0 saturated carbocycles. The lowest BCUT2D eigenvalue weighted by molar-refractivity contribution is 0.174. The molecule has 0 bridgehead atoms. The largest absolute Gasteiger partial charge is 0.507 e. The SMILES string of the molecule is Oc1ccccc1-c1nc(-c2ccc(-c3ccccc3)cc2)nc(-c2ccc3c(c2)OCO3)n1. The fourth-order valence-electron chi connectivity index (χ4n) is 3.90. The molecular formula is C28H19N3O3. The minimum atomic E-state index is 0.107. The van der Waals surface area contributed by atoms with Crippen molar-refractivity contribution < 1.29 is 14.6 Å². The van der Waals surface area contributed by atoms with E-state index in [2.05, 4.69) is 17.1 Å². The molecule has 6 nitrogen and oxygen atoms in total. The van der Waals surface area contributed by atoms with Crippen molar-refractivity contribution in [3.8, 4) is 62.5 Å². The van der Waals surface area contributed by atoms with Gasteiger partial charge in [-0.05, 0) is 41.5 Å². The van der Waals surface area contributed by atoms with Gasteiger partial charge in [-0.1, -0.05) is 66.7 Å². The topological polar surface area (TPSA) is 77.4 Å². The third kappa shape index (κ3) is 3.71. The van der Waals surface area contributed by atoms with Crippen LogP contribution in [0.1, 0.15) is 0 Å². The van der Waals surface area contributed by atoms with E-state index in [-0.39, 0.29) is 12.5 Å². The molecule has 2 heterocycles. The summed E-state index contributed by atoms with van der Waals surface area (Å²) < 4.78 is 11.0. The highest BCUT2D eigenvalue weighted by atomic mass is 16.7. The number of fused-ring (bicyclic) bond motifs is 1. The molecule has 6 heteroatoms. The highest BCUT2D eigenvalue weighted by Crippen LogP contribution is 2.36. The molecular weight excluding hydrogens is 426 g/mol. The van der Waals surface area contributed by atoms with Crippen LogP contribution in [-0.2, 0) is 0 Å². The van der Waals surface area contributed by atoms with Gasteiger partial charge in [-0.15, -0.1) is 0 Å². The Balaban J connectivity index is 1.47. The molecule has 0 amide bonds. The quantitative estimate of drug-likeness (QED) is 0.367. The van der Waals surface area contributed by atoms with Crippen LogP contribution in [-0.4, -0.2) is 26.9 Å². The average molecular weight is 445 g/mol. The number of nitrogens with zero attached hydrogens (tertiary/aromatic N) is 3. The van der Waals surface area contributed by atoms with Gasteiger partial charge in [0.25, 0.3) is 0 Å². The number of benzene rings is 4. The van der Waals surface area contributed by atoms with E-state index in [9.17, 15) is 5.11 Å². The normalized spacial score (nSPS) is 12.0. The molecule has 1 N–H and O–H groups in total. The fourth-order valence-corrected chi connectivity index (χ4v) is 3.90. The minimum Gasteiger partial charge on any atom is -0.507 e. The van der Waals surface area contributed by atoms with Crippen molar-refractivity contribution in [1.82, 2.24) is 15.0 Å². The molecule has 164 valence electrons. The molecule has 1 aliphatic rings. The van der Waals surface area contributed by atoms with Crippen molar-refractivity contribution in [1.29, 1.82) is 0 Å². The average Bonchev–Trinajstić information content (AvgIpc) is 3.37. The van der Waals surface area contributed by atoms with E-state index < -0.39 is 0 Å². The first-order chi connectivity index (χ1) is 16.7. The maximum Gasteiger partial charge on any atom is 0.231 e. The summed E-state index contributed by atoms with van der Waals surface area (Å²) in [5.74, 6) is 2.83. The van der Waals surface area contributed by atoms with Crippen molar-refractivity contribution in [2.45, 2.75) is 0 Å². The van der Waals surface area contributed by atoms with Crippen LogP contribution < -0.4 is 9.47 Å². The lowest BCUT2D eigenvalue weighted by Gasteiger charge is -2.10. The molecule has 0 atom stereocenters. The molecule has 4 aromatic carbocycles. The van der Waals surface area contributed by atoms with Crippen molar-refractivity contribution in [2.75, 3.05) is 6.79 Å². The van der Waals surface area contributed by atoms with Crippen molar-refractivity contribution >= 4 is 0 Å². The zero-order valence-corrected chi connectivity index (χ0v) is 18.1. The van der Waals surface area contributed by atoms with Gasteiger partial charge in [0.15, 0.2) is 29.0 Å². The summed E-state index contributed by atoms with van der Waals surface area (Å²) >= 11 is 0. The van der Waals surface area contributed by atoms with Gasteiger partial charge in [0.1, 0.15) is 5.75 Å². The summed E-state index contributed by atoms with van der Waals surface area (Å²) in [5.41, 5.74) is 4.40. The number of hydrogen-bond acceptors (Lipinski definition) is 6. The number of hydrogen-bond donors (Lipinski definition) is 1. The van der Waals surface area contributed by atoms with Gasteiger partial charge in [-0.3, -0.25) is 0 Å². The molecule has 6 rings (SSSR count). The van der Waals surface area contributed by atoms with E-state index in [0.717, 1.165) is 22.3 Å². The Morgan fingerprint density at radius 2 is 1.12 bits per heavy atom. The maximum atomic E-state index is 10.4. The second-order valence-electron chi connectivity index (χ2n) is 7.83. The van der Waals surface area contributed by atoms with E-state index in [1.165, 1.54) is 0 Å². The molecule has 0 fully saturated rings. The summed E-state index contributed by atoms with van der Waals surface area (Å²) in [4.78, 5) is 14.1. The molecule has 0 spiro atoms. The highest BCUT2D eigenvalue weighted by molar-refractivity contribution is 5.72. The Morgan fingerprint density at radius 1 is 0.529 bits per heavy atom. The van der Waals surface area contributed by atoms with Gasteiger partial charge < -0.3 is 14.6 Å². The number of rotatable bonds is 4. The number of para-hydroxylation sites is 1. The minimum absolute atomic E-state index is 0.107. The Morgan fingerprint density at radius 3 is 1.91 bits per heavy atom. The van der Waals surface area contributed by atoms with E-state index in [4.69, 9.17) is 19.4 Å². The first-order valence-corrected chi connectivity index (χ1v) is 10.8. The smallest absolute Gasteiger partial charge is 0.231 e. The first-order valence-electron chi connectivity index (χ1n) is 10.8. The first kappa shape index (κ1) is 19.9. The van der Waals surface area contributed by atoms with Crippen LogP contribution in [0.4, 0.5) is 0 Å². The zero-order chi connectivity index (χ0) is 22.9. The summed E-state index contributed by atoms with van der Waals surface area (Å²) in [6, 6.07) is 30.9. The highest BCUT2D eigenvalue weighted by Gasteiger charge is 2.18. The molecule has 1 aromatic heterocycles. The van der Waals surface area contributed by atoms with E-state index >= 15 is 0 Å². The number of aromatic nitrogens is 3. The van der Waals surface area contributed by atoms with E-state index in [1.807, 2.05) is 66.7 Å². The summed E-state index contributed by atoms with van der Waals surface area (Å²) in [6.07, 6.45) is 0. The van der Waals surface area contributed by atoms with Crippen LogP contribution in [0.3, 0.4) is 0 Å². The summed E-state index contributed by atoms with van der Waals surface area (Å²) in [5, 5.41) is 10.4. The van der Waals surface area contributed by atoms with Crippen LogP contribution in [0.15, 0.2) is 97.1 Å². The third-order valence-electron chi connectivity index (χ3n) is 5.66. The third-order valence-corrected chi connectivity index (χ3v) is 5.66. The molecule has 0 aliphatic carbocycles. The van der Waals surface area contributed by atoms with Gasteiger partial charge in [0.05, 0.1) is 5.56 Å². The summed E-state index contributed by atoms with van der Waals surface area (Å²) in [6.45, 7) is 0.193. The van der Waals surface area contributed by atoms with E-state index in [0.29, 0.717) is 34.5 Å². The number of aromatic hydroxyl groups is 1. The molecule has 0 saturated heterocycles. The lowest BCUT2D eigenvalue weighted by Crippen LogP contribution is -2.00. The second kappa shape index (κ2) is 8.33. The Kier molecular flexibility index (Phi) is 4.88. The Bertz CT molecular complexity index is 1490. The second-order valence-corrected chi connectivity index (χ2v) is 7.83. The Hall–Kier alpha value is -4.71. The standard InChI is InChI=1S/C28H19N3O3/c32-23-9-5-4-8-22(23)28-30-26(20-12-10-19(11-13-20)18-6-2-1-3-7-18)29-27(31-28)21-14-15-24-25(16-21)34-17-33-24/h1-16,32H,17H2. The number of ether oxygens (including phenoxy) is 2. The van der Waals surface area contributed by atoms with Gasteiger partial charge in [0, 0.05) is 11.1 Å². The molecule has 0 radical (unpaired) electrons. The van der Waals surface area contributed by atoms with Crippen molar-refractivity contribution in [3.63, 3.8) is 0 Å². The molecule has 34 heavy (non-hydrogen) atoms. The lowest BCUT2D eigenvalue weighted by atomic mass is 10.0. The van der Waals surface area contributed by atoms with Crippen LogP contribution >= 0.6 is 0 Å². The fraction of sp³-hybridized carbons (Fsp3) is 0.0357. The Labute approximate surface area is 196 Å². The van der Waals surface area contributed by atoms with Crippen LogP contribution in [0, 0.1) is 0 Å². The van der Waals surface area contributed by atoms with Crippen LogP contribution in [0.2, 0.25) is 0 Å².